The van der Waals surface area contributed by atoms with Crippen LogP contribution in [-0.2, 0) is 4.79 Å². The largest absolute Gasteiger partial charge is 0.493 e. The summed E-state index contributed by atoms with van der Waals surface area (Å²) in [6, 6.07) is 11.6. The Labute approximate surface area is 224 Å². The highest BCUT2D eigenvalue weighted by Gasteiger charge is 2.35. The number of carbonyl (C=O) groups is 1. The summed E-state index contributed by atoms with van der Waals surface area (Å²) >= 11 is 6.34. The topological polar surface area (TPSA) is 71.3 Å². The smallest absolute Gasteiger partial charge is 0.210 e. The van der Waals surface area contributed by atoms with Crippen LogP contribution in [0.4, 0.5) is 5.69 Å². The highest BCUT2D eigenvalue weighted by atomic mass is 35.5. The number of hydrogen-bond acceptors (Lipinski definition) is 6. The number of anilines is 1. The van der Waals surface area contributed by atoms with E-state index in [1.807, 2.05) is 41.3 Å². The SMILES string of the molecule is COc1cc(C2C3=C(CCN2C=O)c2cc(Cl)ccc2N(N)C3)ccc1OCCCCN1CCCCC1. The average molecular weight is 525 g/mol. The van der Waals surface area contributed by atoms with Gasteiger partial charge in [-0.1, -0.05) is 24.1 Å². The van der Waals surface area contributed by atoms with Crippen molar-refractivity contribution in [3.63, 3.8) is 0 Å². The van der Waals surface area contributed by atoms with Gasteiger partial charge in [-0.25, -0.2) is 5.84 Å². The Morgan fingerprint density at radius 1 is 1.05 bits per heavy atom. The predicted molar refractivity (Wildman–Crippen MR) is 148 cm³/mol. The second-order valence-corrected chi connectivity index (χ2v) is 10.6. The standard InChI is InChI=1S/C29H37ClN4O3/c1-36-28-17-21(7-10-27(28)37-16-6-5-14-32-12-3-2-4-13-32)29-25-19-34(31)26-9-8-22(30)18-24(26)23(25)11-15-33(29)20-35/h7-10,17-18,20,29H,2-6,11-16,19,31H2,1H3. The van der Waals surface area contributed by atoms with Gasteiger partial charge in [0.25, 0.3) is 0 Å². The van der Waals surface area contributed by atoms with E-state index in [2.05, 4.69) is 4.90 Å². The molecule has 3 heterocycles. The summed E-state index contributed by atoms with van der Waals surface area (Å²) in [4.78, 5) is 16.5. The maximum atomic E-state index is 12.1. The molecule has 0 radical (unpaired) electrons. The fraction of sp³-hybridized carbons (Fsp3) is 0.483. The van der Waals surface area contributed by atoms with Crippen molar-refractivity contribution >= 4 is 29.3 Å². The molecule has 3 aliphatic rings. The first-order chi connectivity index (χ1) is 18.1. The molecule has 8 heteroatoms. The van der Waals surface area contributed by atoms with E-state index in [1.165, 1.54) is 37.9 Å². The second kappa shape index (κ2) is 11.8. The molecule has 7 nitrogen and oxygen atoms in total. The number of rotatable bonds is 9. The minimum Gasteiger partial charge on any atom is -0.493 e. The number of nitrogens with two attached hydrogens (primary N) is 1. The van der Waals surface area contributed by atoms with Crippen LogP contribution >= 0.6 is 11.6 Å². The quantitative estimate of drug-likeness (QED) is 0.281. The van der Waals surface area contributed by atoms with Crippen LogP contribution in [0.3, 0.4) is 0 Å². The summed E-state index contributed by atoms with van der Waals surface area (Å²) in [6.07, 6.45) is 7.85. The lowest BCUT2D eigenvalue weighted by molar-refractivity contribution is -0.119. The fourth-order valence-electron chi connectivity index (χ4n) is 5.94. The number of halogens is 1. The maximum Gasteiger partial charge on any atom is 0.210 e. The molecule has 0 spiro atoms. The number of piperidine rings is 1. The van der Waals surface area contributed by atoms with Crippen LogP contribution in [0.25, 0.3) is 5.57 Å². The van der Waals surface area contributed by atoms with Crippen molar-refractivity contribution in [2.75, 3.05) is 51.4 Å². The van der Waals surface area contributed by atoms with Crippen LogP contribution in [0.1, 0.15) is 55.7 Å². The van der Waals surface area contributed by atoms with Crippen LogP contribution in [0.5, 0.6) is 11.5 Å². The van der Waals surface area contributed by atoms with Crippen LogP contribution in [-0.4, -0.2) is 62.7 Å². The number of hydrazine groups is 1. The Morgan fingerprint density at radius 2 is 1.89 bits per heavy atom. The van der Waals surface area contributed by atoms with Crippen molar-refractivity contribution in [3.05, 3.63) is 58.1 Å². The number of benzene rings is 2. The number of amides is 1. The van der Waals surface area contributed by atoms with Crippen molar-refractivity contribution in [1.82, 2.24) is 9.80 Å². The molecular formula is C29H37ClN4O3. The number of hydrogen-bond donors (Lipinski definition) is 1. The van der Waals surface area contributed by atoms with Gasteiger partial charge in [0.15, 0.2) is 11.5 Å². The molecule has 37 heavy (non-hydrogen) atoms. The number of ether oxygens (including phenoxy) is 2. The number of nitrogens with zero attached hydrogens (tertiary/aromatic N) is 3. The first kappa shape index (κ1) is 25.9. The Bertz CT molecular complexity index is 1150. The van der Waals surface area contributed by atoms with Gasteiger partial charge in [-0.15, -0.1) is 0 Å². The van der Waals surface area contributed by atoms with Crippen molar-refractivity contribution < 1.29 is 14.3 Å². The summed E-state index contributed by atoms with van der Waals surface area (Å²) in [5, 5.41) is 2.42. The van der Waals surface area contributed by atoms with E-state index < -0.39 is 0 Å². The molecule has 1 unspecified atom stereocenters. The zero-order valence-corrected chi connectivity index (χ0v) is 22.4. The minimum atomic E-state index is -0.230. The molecule has 2 aromatic carbocycles. The van der Waals surface area contributed by atoms with Crippen molar-refractivity contribution in [2.45, 2.75) is 44.6 Å². The van der Waals surface area contributed by atoms with E-state index in [0.29, 0.717) is 30.5 Å². The third-order valence-corrected chi connectivity index (χ3v) is 8.05. The van der Waals surface area contributed by atoms with E-state index in [9.17, 15) is 4.79 Å². The molecule has 2 N–H and O–H groups in total. The maximum absolute atomic E-state index is 12.1. The summed E-state index contributed by atoms with van der Waals surface area (Å²) < 4.78 is 11.8. The molecule has 1 saturated heterocycles. The Hall–Kier alpha value is -2.74. The normalized spacial score (nSPS) is 19.9. The van der Waals surface area contributed by atoms with Crippen LogP contribution in [0.15, 0.2) is 42.0 Å². The van der Waals surface area contributed by atoms with Gasteiger partial charge in [-0.2, -0.15) is 0 Å². The Balaban J connectivity index is 1.33. The molecule has 198 valence electrons. The fourth-order valence-corrected chi connectivity index (χ4v) is 6.11. The molecule has 3 aliphatic heterocycles. The Kier molecular flexibility index (Phi) is 8.23. The minimum absolute atomic E-state index is 0.230. The van der Waals surface area contributed by atoms with E-state index in [1.54, 1.807) is 12.1 Å². The van der Waals surface area contributed by atoms with Crippen molar-refractivity contribution in [3.8, 4) is 11.5 Å². The summed E-state index contributed by atoms with van der Waals surface area (Å²) in [6.45, 7) is 5.42. The van der Waals surface area contributed by atoms with Crippen LogP contribution in [0, 0.1) is 0 Å². The number of carbonyl (C=O) groups excluding carboxylic acids is 1. The average Bonchev–Trinajstić information content (AvgIpc) is 2.93. The van der Waals surface area contributed by atoms with Gasteiger partial charge in [-0.3, -0.25) is 4.79 Å². The molecule has 5 rings (SSSR count). The van der Waals surface area contributed by atoms with Gasteiger partial charge in [0.2, 0.25) is 6.41 Å². The Morgan fingerprint density at radius 3 is 2.68 bits per heavy atom. The highest BCUT2D eigenvalue weighted by Crippen LogP contribution is 2.46. The molecule has 1 amide bonds. The van der Waals surface area contributed by atoms with Gasteiger partial charge in [-0.05, 0) is 98.8 Å². The number of unbranched alkanes of at least 4 members (excludes halogenated alkanes) is 1. The van der Waals surface area contributed by atoms with Gasteiger partial charge in [0, 0.05) is 17.1 Å². The van der Waals surface area contributed by atoms with Gasteiger partial charge < -0.3 is 24.3 Å². The van der Waals surface area contributed by atoms with E-state index in [-0.39, 0.29) is 6.04 Å². The number of likely N-dealkylation sites (tertiary alicyclic amines) is 1. The predicted octanol–water partition coefficient (Wildman–Crippen LogP) is 5.04. The summed E-state index contributed by atoms with van der Waals surface area (Å²) in [7, 11) is 1.66. The zero-order chi connectivity index (χ0) is 25.8. The monoisotopic (exact) mass is 524 g/mol. The summed E-state index contributed by atoms with van der Waals surface area (Å²) in [5.74, 6) is 7.85. The lowest BCUT2D eigenvalue weighted by atomic mass is 9.82. The zero-order valence-electron chi connectivity index (χ0n) is 21.6. The van der Waals surface area contributed by atoms with Crippen LogP contribution < -0.4 is 20.3 Å². The third kappa shape index (κ3) is 5.59. The van der Waals surface area contributed by atoms with E-state index in [4.69, 9.17) is 26.9 Å². The van der Waals surface area contributed by atoms with Crippen molar-refractivity contribution in [2.24, 2.45) is 5.84 Å². The third-order valence-electron chi connectivity index (χ3n) is 7.82. The molecule has 0 saturated carbocycles. The van der Waals surface area contributed by atoms with Gasteiger partial charge in [0.05, 0.1) is 32.0 Å². The van der Waals surface area contributed by atoms with Gasteiger partial charge in [0.1, 0.15) is 0 Å². The van der Waals surface area contributed by atoms with E-state index >= 15 is 0 Å². The highest BCUT2D eigenvalue weighted by molar-refractivity contribution is 6.31. The lowest BCUT2D eigenvalue weighted by Crippen LogP contribution is -2.43. The first-order valence-corrected chi connectivity index (χ1v) is 13.7. The van der Waals surface area contributed by atoms with Crippen LogP contribution in [0.2, 0.25) is 5.02 Å². The van der Waals surface area contributed by atoms with E-state index in [0.717, 1.165) is 60.4 Å². The van der Waals surface area contributed by atoms with Gasteiger partial charge >= 0.3 is 0 Å². The summed E-state index contributed by atoms with van der Waals surface area (Å²) in [5.41, 5.74) is 5.32. The molecule has 0 aliphatic carbocycles. The lowest BCUT2D eigenvalue weighted by Gasteiger charge is -2.42. The second-order valence-electron chi connectivity index (χ2n) is 10.2. The molecular weight excluding hydrogens is 488 g/mol. The molecule has 1 fully saturated rings. The number of fused-ring (bicyclic) bond motifs is 2. The molecule has 2 aromatic rings. The molecule has 0 bridgehead atoms. The molecule has 1 atom stereocenters. The molecule has 0 aromatic heterocycles. The number of methoxy groups -OCH3 is 1. The first-order valence-electron chi connectivity index (χ1n) is 13.4. The van der Waals surface area contributed by atoms with Crippen molar-refractivity contribution in [1.29, 1.82) is 0 Å².